The van der Waals surface area contributed by atoms with Crippen molar-refractivity contribution in [1.82, 2.24) is 10.2 Å². The van der Waals surface area contributed by atoms with Crippen LogP contribution in [0.3, 0.4) is 0 Å². The van der Waals surface area contributed by atoms with Crippen LogP contribution in [0.25, 0.3) is 6.08 Å². The maximum atomic E-state index is 12.2. The summed E-state index contributed by atoms with van der Waals surface area (Å²) in [5.74, 6) is -1.25. The quantitative estimate of drug-likeness (QED) is 0.290. The van der Waals surface area contributed by atoms with Crippen molar-refractivity contribution < 1.29 is 24.4 Å². The summed E-state index contributed by atoms with van der Waals surface area (Å²) in [6, 6.07) is 18.3. The molecule has 0 aliphatic carbocycles. The van der Waals surface area contributed by atoms with E-state index in [1.165, 1.54) is 11.0 Å². The molecule has 9 heteroatoms. The molecular formula is C24H28BN3O5. The van der Waals surface area contributed by atoms with E-state index < -0.39 is 19.2 Å². The molecule has 0 aliphatic heterocycles. The number of benzene rings is 2. The molecule has 1 atom stereocenters. The van der Waals surface area contributed by atoms with Crippen LogP contribution >= 0.6 is 0 Å². The molecule has 0 aliphatic rings. The fourth-order valence-corrected chi connectivity index (χ4v) is 3.05. The Morgan fingerprint density at radius 3 is 2.52 bits per heavy atom. The Hall–Kier alpha value is -3.61. The molecule has 0 aromatic heterocycles. The number of rotatable bonds is 10. The van der Waals surface area contributed by atoms with E-state index in [2.05, 4.69) is 5.32 Å². The Bertz CT molecular complexity index is 1000. The predicted molar refractivity (Wildman–Crippen MR) is 126 cm³/mol. The molecular weight excluding hydrogens is 421 g/mol. The van der Waals surface area contributed by atoms with Gasteiger partial charge < -0.3 is 25.0 Å². The number of nitriles is 1. The Morgan fingerprint density at radius 2 is 1.88 bits per heavy atom. The second-order valence-electron chi connectivity index (χ2n) is 7.47. The van der Waals surface area contributed by atoms with Crippen LogP contribution in [0.5, 0.6) is 0 Å². The van der Waals surface area contributed by atoms with Crippen LogP contribution < -0.4 is 5.32 Å². The fourth-order valence-electron chi connectivity index (χ4n) is 3.05. The molecule has 0 bridgehead atoms. The maximum Gasteiger partial charge on any atom is 0.475 e. The first-order valence-electron chi connectivity index (χ1n) is 10.6. The van der Waals surface area contributed by atoms with Crippen LogP contribution in [-0.4, -0.2) is 60.2 Å². The largest absolute Gasteiger partial charge is 0.475 e. The minimum atomic E-state index is -1.73. The number of hydrogen-bond donors (Lipinski definition) is 3. The van der Waals surface area contributed by atoms with E-state index >= 15 is 0 Å². The summed E-state index contributed by atoms with van der Waals surface area (Å²) in [5, 5.41) is 30.9. The lowest BCUT2D eigenvalue weighted by molar-refractivity contribution is -0.125. The van der Waals surface area contributed by atoms with Gasteiger partial charge in [-0.05, 0) is 36.1 Å². The minimum Gasteiger partial charge on any atom is -0.449 e. The van der Waals surface area contributed by atoms with Gasteiger partial charge in [-0.2, -0.15) is 5.26 Å². The van der Waals surface area contributed by atoms with E-state index in [1.807, 2.05) is 55.5 Å². The smallest absolute Gasteiger partial charge is 0.449 e. The van der Waals surface area contributed by atoms with Crippen LogP contribution in [0, 0.1) is 11.3 Å². The minimum absolute atomic E-state index is 0.0409. The van der Waals surface area contributed by atoms with E-state index in [4.69, 9.17) is 4.74 Å². The van der Waals surface area contributed by atoms with E-state index in [1.54, 1.807) is 19.2 Å². The summed E-state index contributed by atoms with van der Waals surface area (Å²) in [7, 11) is -0.1000. The van der Waals surface area contributed by atoms with Gasteiger partial charge in [-0.15, -0.1) is 0 Å². The first-order chi connectivity index (χ1) is 15.8. The molecule has 0 heterocycles. The van der Waals surface area contributed by atoms with Gasteiger partial charge in [0.05, 0.1) is 12.5 Å². The number of alkyl carbamates (subject to hydrolysis) is 1. The van der Waals surface area contributed by atoms with Crippen molar-refractivity contribution in [1.29, 1.82) is 5.26 Å². The van der Waals surface area contributed by atoms with Crippen molar-refractivity contribution >= 4 is 25.2 Å². The van der Waals surface area contributed by atoms with E-state index in [9.17, 15) is 24.9 Å². The van der Waals surface area contributed by atoms with Gasteiger partial charge in [-0.3, -0.25) is 4.79 Å². The lowest BCUT2D eigenvalue weighted by Gasteiger charge is -2.17. The predicted octanol–water partition coefficient (Wildman–Crippen LogP) is 1.96. The van der Waals surface area contributed by atoms with Gasteiger partial charge in [-0.25, -0.2) is 4.79 Å². The summed E-state index contributed by atoms with van der Waals surface area (Å²) in [6.45, 7) is 2.40. The second kappa shape index (κ2) is 13.1. The number of likely N-dealkylation sites (N-methyl/N-ethyl adjacent to an activating group) is 1. The molecule has 0 radical (unpaired) electrons. The first-order valence-corrected chi connectivity index (χ1v) is 10.6. The highest BCUT2D eigenvalue weighted by Gasteiger charge is 2.26. The molecule has 2 aromatic rings. The average molecular weight is 449 g/mol. The summed E-state index contributed by atoms with van der Waals surface area (Å²) in [6.07, 6.45) is 1.43. The molecule has 172 valence electrons. The molecule has 3 N–H and O–H groups in total. The van der Waals surface area contributed by atoms with Gasteiger partial charge in [0.2, 0.25) is 0 Å². The van der Waals surface area contributed by atoms with Crippen LogP contribution in [-0.2, 0) is 22.4 Å². The number of nitrogens with one attached hydrogen (secondary N) is 1. The molecule has 2 amide bonds. The zero-order valence-electron chi connectivity index (χ0n) is 18.8. The third kappa shape index (κ3) is 8.45. The topological polar surface area (TPSA) is 123 Å². The molecule has 0 saturated carbocycles. The summed E-state index contributed by atoms with van der Waals surface area (Å²) in [5.41, 5.74) is 2.44. The fraction of sp³-hybridized carbons (Fsp3) is 0.292. The van der Waals surface area contributed by atoms with Gasteiger partial charge in [0, 0.05) is 20.0 Å². The summed E-state index contributed by atoms with van der Waals surface area (Å²) < 4.78 is 5.19. The van der Waals surface area contributed by atoms with Gasteiger partial charge >= 0.3 is 13.2 Å². The number of hydrogen-bond acceptors (Lipinski definition) is 6. The average Bonchev–Trinajstić information content (AvgIpc) is 2.82. The second-order valence-corrected chi connectivity index (χ2v) is 7.47. The molecule has 0 saturated heterocycles. The Balaban J connectivity index is 1.92. The van der Waals surface area contributed by atoms with E-state index in [-0.39, 0.29) is 24.5 Å². The van der Waals surface area contributed by atoms with Crippen molar-refractivity contribution in [3.63, 3.8) is 0 Å². The van der Waals surface area contributed by atoms with Crippen molar-refractivity contribution in [2.75, 3.05) is 20.2 Å². The number of carbonyl (C=O) groups is 2. The van der Waals surface area contributed by atoms with Crippen molar-refractivity contribution in [2.24, 2.45) is 0 Å². The highest BCUT2D eigenvalue weighted by atomic mass is 16.5. The molecule has 0 unspecified atom stereocenters. The van der Waals surface area contributed by atoms with Gasteiger partial charge in [0.15, 0.2) is 0 Å². The number of carbonyl (C=O) groups excluding carboxylic acids is 2. The third-order valence-electron chi connectivity index (χ3n) is 5.02. The third-order valence-corrected chi connectivity index (χ3v) is 5.02. The van der Waals surface area contributed by atoms with Crippen LogP contribution in [0.1, 0.15) is 23.6 Å². The van der Waals surface area contributed by atoms with Gasteiger partial charge in [-0.1, -0.05) is 54.6 Å². The zero-order valence-corrected chi connectivity index (χ0v) is 18.8. The molecule has 2 rings (SSSR count). The first kappa shape index (κ1) is 25.7. The van der Waals surface area contributed by atoms with Gasteiger partial charge in [0.1, 0.15) is 11.6 Å². The lowest BCUT2D eigenvalue weighted by atomic mass is 9.76. The molecule has 33 heavy (non-hydrogen) atoms. The number of amides is 2. The number of ether oxygens (including phenoxy) is 1. The Kier molecular flexibility index (Phi) is 10.2. The van der Waals surface area contributed by atoms with Crippen molar-refractivity contribution in [3.8, 4) is 6.07 Å². The van der Waals surface area contributed by atoms with Crippen LogP contribution in [0.4, 0.5) is 4.79 Å². The molecule has 2 aromatic carbocycles. The highest BCUT2D eigenvalue weighted by molar-refractivity contribution is 6.43. The van der Waals surface area contributed by atoms with Crippen LogP contribution in [0.15, 0.2) is 60.2 Å². The van der Waals surface area contributed by atoms with Crippen LogP contribution in [0.2, 0.25) is 0 Å². The monoisotopic (exact) mass is 449 g/mol. The SMILES string of the molecule is CCN(C)C(=O)/C(C#N)=C/c1cccc(CCOC(=O)N[C@@H](Cc2ccccc2)B(O)O)c1. The Labute approximate surface area is 194 Å². The summed E-state index contributed by atoms with van der Waals surface area (Å²) in [4.78, 5) is 25.8. The number of nitrogens with zero attached hydrogens (tertiary/aromatic N) is 2. The molecule has 0 spiro atoms. The Morgan fingerprint density at radius 1 is 1.18 bits per heavy atom. The van der Waals surface area contributed by atoms with Gasteiger partial charge in [0.25, 0.3) is 5.91 Å². The van der Waals surface area contributed by atoms with Crippen molar-refractivity contribution in [3.05, 3.63) is 76.9 Å². The standard InChI is InChI=1S/C24H28BN3O5/c1-3-28(2)23(29)21(17-26)15-20-11-7-10-19(14-20)12-13-33-24(30)27-22(25(31)32)16-18-8-5-4-6-9-18/h4-11,14-15,22,31-32H,3,12-13,16H2,1-2H3,(H,27,30)/b21-15+/t22-/m0/s1. The zero-order chi connectivity index (χ0) is 24.2. The van der Waals surface area contributed by atoms with Crippen molar-refractivity contribution in [2.45, 2.75) is 25.7 Å². The van der Waals surface area contributed by atoms with E-state index in [0.717, 1.165) is 11.1 Å². The maximum absolute atomic E-state index is 12.2. The normalized spacial score (nSPS) is 11.8. The van der Waals surface area contributed by atoms with E-state index in [0.29, 0.717) is 18.5 Å². The molecule has 0 fully saturated rings. The lowest BCUT2D eigenvalue weighted by Crippen LogP contribution is -2.48. The highest BCUT2D eigenvalue weighted by Crippen LogP contribution is 2.12. The molecule has 8 nitrogen and oxygen atoms in total. The summed E-state index contributed by atoms with van der Waals surface area (Å²) >= 11 is 0.